The fourth-order valence-corrected chi connectivity index (χ4v) is 3.50. The number of anilines is 1. The Labute approximate surface area is 145 Å². The predicted molar refractivity (Wildman–Crippen MR) is 90.9 cm³/mol. The zero-order valence-corrected chi connectivity index (χ0v) is 14.7. The monoisotopic (exact) mass is 372 g/mol. The first kappa shape index (κ1) is 18.0. The first-order chi connectivity index (χ1) is 11.6. The van der Waals surface area contributed by atoms with Gasteiger partial charge in [0.2, 0.25) is 5.95 Å². The molecule has 1 saturated heterocycles. The maximum absolute atomic E-state index is 12.4. The van der Waals surface area contributed by atoms with Crippen LogP contribution in [0.5, 0.6) is 0 Å². The Morgan fingerprint density at radius 2 is 2.00 bits per heavy atom. The van der Waals surface area contributed by atoms with Crippen molar-refractivity contribution in [3.05, 3.63) is 20.0 Å². The molecule has 3 rings (SSSR count). The first-order valence-electron chi connectivity index (χ1n) is 7.68. The summed E-state index contributed by atoms with van der Waals surface area (Å²) in [5.41, 5.74) is -0.837. The van der Waals surface area contributed by atoms with Crippen molar-refractivity contribution < 1.29 is 20.1 Å². The molecule has 0 amide bonds. The third-order valence-electron chi connectivity index (χ3n) is 3.74. The van der Waals surface area contributed by atoms with E-state index in [9.17, 15) is 24.9 Å². The summed E-state index contributed by atoms with van der Waals surface area (Å²) < 4.78 is 6.52. The van der Waals surface area contributed by atoms with Gasteiger partial charge < -0.3 is 25.4 Å². The highest BCUT2D eigenvalue weighted by Crippen LogP contribution is 2.31. The van der Waals surface area contributed by atoms with E-state index in [2.05, 4.69) is 15.3 Å². The highest BCUT2D eigenvalue weighted by atomic mass is 32.1. The van der Waals surface area contributed by atoms with Gasteiger partial charge in [0.1, 0.15) is 23.0 Å². The smallest absolute Gasteiger partial charge is 0.311 e. The van der Waals surface area contributed by atoms with E-state index in [0.717, 1.165) is 4.57 Å². The molecule has 0 aliphatic carbocycles. The Morgan fingerprint density at radius 1 is 1.32 bits per heavy atom. The standard InChI is InChI=1S/C14H20N4O6S/c1-14(2,3)17-12-15-9-8(10(22)16-12)25-13(23)18(9)11-7(21)6(20)5(4-19)24-11/h5-7,11,19-21H,4H2,1-3H3,(H2,15,16,17,22)/t5-,6-,7-,11-/m1/s1. The van der Waals surface area contributed by atoms with Crippen LogP contribution in [0.4, 0.5) is 5.95 Å². The molecule has 0 unspecified atom stereocenters. The number of H-pyrrole nitrogens is 1. The van der Waals surface area contributed by atoms with E-state index in [1.165, 1.54) is 0 Å². The van der Waals surface area contributed by atoms with E-state index in [1.54, 1.807) is 0 Å². The molecule has 25 heavy (non-hydrogen) atoms. The number of aliphatic hydroxyl groups excluding tert-OH is 3. The van der Waals surface area contributed by atoms with Gasteiger partial charge in [-0.3, -0.25) is 19.1 Å². The number of aromatic amines is 1. The molecule has 0 aromatic carbocycles. The minimum absolute atomic E-state index is 0.0420. The Morgan fingerprint density at radius 3 is 2.56 bits per heavy atom. The third-order valence-corrected chi connectivity index (χ3v) is 4.68. The average Bonchev–Trinajstić information content (AvgIpc) is 2.96. The third kappa shape index (κ3) is 3.20. The fraction of sp³-hybridized carbons (Fsp3) is 0.643. The molecule has 2 aromatic heterocycles. The lowest BCUT2D eigenvalue weighted by Gasteiger charge is -2.21. The summed E-state index contributed by atoms with van der Waals surface area (Å²) in [5.74, 6) is 0.170. The summed E-state index contributed by atoms with van der Waals surface area (Å²) in [6.45, 7) is 5.12. The lowest BCUT2D eigenvalue weighted by Crippen LogP contribution is -2.34. The molecule has 1 fully saturated rings. The molecule has 1 aliphatic heterocycles. The molecule has 0 spiro atoms. The maximum atomic E-state index is 12.4. The molecule has 138 valence electrons. The average molecular weight is 372 g/mol. The van der Waals surface area contributed by atoms with Crippen molar-refractivity contribution in [2.45, 2.75) is 50.8 Å². The number of rotatable bonds is 3. The molecule has 10 nitrogen and oxygen atoms in total. The minimum Gasteiger partial charge on any atom is -0.394 e. The normalized spacial score (nSPS) is 27.1. The Kier molecular flexibility index (Phi) is 4.45. The Hall–Kier alpha value is -1.79. The van der Waals surface area contributed by atoms with Crippen molar-refractivity contribution in [3.63, 3.8) is 0 Å². The molecule has 2 aromatic rings. The Bertz CT molecular complexity index is 897. The van der Waals surface area contributed by atoms with Crippen LogP contribution in [-0.2, 0) is 4.74 Å². The van der Waals surface area contributed by atoms with Crippen molar-refractivity contribution in [2.24, 2.45) is 0 Å². The van der Waals surface area contributed by atoms with Gasteiger partial charge in [0.25, 0.3) is 5.56 Å². The van der Waals surface area contributed by atoms with Crippen LogP contribution in [0.2, 0.25) is 0 Å². The molecule has 1 aliphatic rings. The van der Waals surface area contributed by atoms with Crippen LogP contribution in [-0.4, -0.2) is 60.3 Å². The number of thiazole rings is 1. The lowest BCUT2D eigenvalue weighted by molar-refractivity contribution is -0.0518. The van der Waals surface area contributed by atoms with Crippen LogP contribution in [0.1, 0.15) is 27.0 Å². The van der Waals surface area contributed by atoms with Crippen molar-refractivity contribution in [1.82, 2.24) is 14.5 Å². The highest BCUT2D eigenvalue weighted by molar-refractivity contribution is 7.16. The zero-order chi connectivity index (χ0) is 18.5. The second-order valence-corrected chi connectivity index (χ2v) is 7.87. The number of hydrogen-bond donors (Lipinski definition) is 5. The number of nitrogens with zero attached hydrogens (tertiary/aromatic N) is 2. The van der Waals surface area contributed by atoms with Crippen LogP contribution in [0, 0.1) is 0 Å². The van der Waals surface area contributed by atoms with Gasteiger partial charge in [-0.15, -0.1) is 0 Å². The van der Waals surface area contributed by atoms with Crippen molar-refractivity contribution in [2.75, 3.05) is 11.9 Å². The van der Waals surface area contributed by atoms with E-state index in [0.29, 0.717) is 11.3 Å². The van der Waals surface area contributed by atoms with Crippen molar-refractivity contribution >= 4 is 27.6 Å². The van der Waals surface area contributed by atoms with Crippen LogP contribution in [0.25, 0.3) is 10.3 Å². The molecular weight excluding hydrogens is 352 g/mol. The summed E-state index contributed by atoms with van der Waals surface area (Å²) >= 11 is 0.669. The topological polar surface area (TPSA) is 150 Å². The molecule has 3 heterocycles. The van der Waals surface area contributed by atoms with E-state index >= 15 is 0 Å². The molecule has 0 radical (unpaired) electrons. The number of ether oxygens (including phenoxy) is 1. The van der Waals surface area contributed by atoms with Gasteiger partial charge in [0.05, 0.1) is 6.61 Å². The predicted octanol–water partition coefficient (Wildman–Crippen LogP) is -1.03. The maximum Gasteiger partial charge on any atom is 0.311 e. The van der Waals surface area contributed by atoms with Crippen molar-refractivity contribution in [1.29, 1.82) is 0 Å². The lowest BCUT2D eigenvalue weighted by atomic mass is 10.1. The van der Waals surface area contributed by atoms with E-state index < -0.39 is 41.6 Å². The quantitative estimate of drug-likeness (QED) is 0.459. The van der Waals surface area contributed by atoms with Gasteiger partial charge in [0, 0.05) is 5.54 Å². The zero-order valence-electron chi connectivity index (χ0n) is 13.9. The minimum atomic E-state index is -1.44. The molecule has 5 N–H and O–H groups in total. The van der Waals surface area contributed by atoms with Gasteiger partial charge in [-0.25, -0.2) is 0 Å². The van der Waals surface area contributed by atoms with Crippen LogP contribution >= 0.6 is 11.3 Å². The summed E-state index contributed by atoms with van der Waals surface area (Å²) in [6, 6.07) is 0. The molecule has 0 bridgehead atoms. The van der Waals surface area contributed by atoms with Crippen LogP contribution < -0.4 is 15.7 Å². The van der Waals surface area contributed by atoms with Crippen LogP contribution in [0.3, 0.4) is 0 Å². The molecule has 0 saturated carbocycles. The summed E-state index contributed by atoms with van der Waals surface area (Å²) in [6.07, 6.45) is -5.07. The van der Waals surface area contributed by atoms with E-state index in [1.807, 2.05) is 20.8 Å². The number of hydrogen-bond acceptors (Lipinski definition) is 9. The van der Waals surface area contributed by atoms with Gasteiger partial charge in [-0.05, 0) is 20.8 Å². The molecule has 11 heteroatoms. The van der Waals surface area contributed by atoms with Gasteiger partial charge >= 0.3 is 4.87 Å². The van der Waals surface area contributed by atoms with E-state index in [-0.39, 0.29) is 21.8 Å². The first-order valence-corrected chi connectivity index (χ1v) is 8.50. The van der Waals surface area contributed by atoms with Gasteiger partial charge in [-0.1, -0.05) is 11.3 Å². The Balaban J connectivity index is 2.14. The largest absolute Gasteiger partial charge is 0.394 e. The second-order valence-electron chi connectivity index (χ2n) is 6.91. The van der Waals surface area contributed by atoms with Crippen LogP contribution in [0.15, 0.2) is 9.59 Å². The van der Waals surface area contributed by atoms with Gasteiger partial charge in [-0.2, -0.15) is 4.98 Å². The number of nitrogens with one attached hydrogen (secondary N) is 2. The number of aromatic nitrogens is 3. The second kappa shape index (κ2) is 6.18. The summed E-state index contributed by atoms with van der Waals surface area (Å²) in [5, 5.41) is 32.3. The number of aliphatic hydroxyl groups is 3. The summed E-state index contributed by atoms with van der Waals surface area (Å²) in [7, 11) is 0. The van der Waals surface area contributed by atoms with Gasteiger partial charge in [0.15, 0.2) is 11.9 Å². The number of fused-ring (bicyclic) bond motifs is 1. The van der Waals surface area contributed by atoms with Crippen molar-refractivity contribution in [3.8, 4) is 0 Å². The fourth-order valence-electron chi connectivity index (χ4n) is 2.66. The molecular formula is C14H20N4O6S. The summed E-state index contributed by atoms with van der Waals surface area (Å²) in [4.78, 5) is 30.9. The SMILES string of the molecule is CC(C)(C)Nc1nc2c(sc(=O)n2[C@@H]2O[C@H](CO)[C@@H](O)[C@H]2O)c(=O)[nH]1. The molecule has 4 atom stereocenters. The highest BCUT2D eigenvalue weighted by Gasteiger charge is 2.44. The van der Waals surface area contributed by atoms with E-state index in [4.69, 9.17) is 4.74 Å².